The van der Waals surface area contributed by atoms with Gasteiger partial charge in [-0.1, -0.05) is 77.7 Å². The molecule has 0 radical (unpaired) electrons. The lowest BCUT2D eigenvalue weighted by atomic mass is 9.47. The fourth-order valence-corrected chi connectivity index (χ4v) is 9.13. The van der Waals surface area contributed by atoms with Crippen molar-refractivity contribution in [2.45, 2.75) is 111 Å². The van der Waals surface area contributed by atoms with E-state index in [-0.39, 0.29) is 6.61 Å². The summed E-state index contributed by atoms with van der Waals surface area (Å²) in [6.45, 7) is 13.4. The zero-order valence-corrected chi connectivity index (χ0v) is 22.3. The lowest BCUT2D eigenvalue weighted by molar-refractivity contribution is -0.0621. The van der Waals surface area contributed by atoms with E-state index >= 15 is 0 Å². The highest BCUT2D eigenvalue weighted by Gasteiger charge is 2.59. The summed E-state index contributed by atoms with van der Waals surface area (Å²) in [5.74, 6) is 5.44. The van der Waals surface area contributed by atoms with Crippen molar-refractivity contribution in [1.29, 1.82) is 0 Å². The van der Waals surface area contributed by atoms with E-state index in [1.807, 2.05) is 6.08 Å². The van der Waals surface area contributed by atoms with Gasteiger partial charge in [0.2, 0.25) is 0 Å². The number of hydrogen-bond acceptors (Lipinski definition) is 2. The first kappa shape index (κ1) is 25.5. The highest BCUT2D eigenvalue weighted by molar-refractivity contribution is 5.25. The van der Waals surface area contributed by atoms with Gasteiger partial charge in [0.1, 0.15) is 0 Å². The molecule has 0 bridgehead atoms. The Hall–Kier alpha value is -0.600. The third-order valence-corrected chi connectivity index (χ3v) is 11.0. The van der Waals surface area contributed by atoms with Crippen LogP contribution in [0.5, 0.6) is 0 Å². The van der Waals surface area contributed by atoms with Crippen LogP contribution < -0.4 is 0 Å². The molecule has 0 aromatic carbocycles. The average molecular weight is 457 g/mol. The molecule has 3 fully saturated rings. The molecule has 0 saturated heterocycles. The Morgan fingerprint density at radius 1 is 1.03 bits per heavy atom. The molecule has 2 nitrogen and oxygen atoms in total. The van der Waals surface area contributed by atoms with Gasteiger partial charge in [-0.05, 0) is 97.7 Å². The van der Waals surface area contributed by atoms with Crippen LogP contribution in [0.4, 0.5) is 0 Å². The predicted octanol–water partition coefficient (Wildman–Crippen LogP) is 7.96. The third-order valence-electron chi connectivity index (χ3n) is 11.0. The molecular formula is C31H52O2. The number of ether oxygens (including phenoxy) is 1. The molecule has 8 atom stereocenters. The number of aliphatic hydroxyl groups excluding tert-OH is 1. The monoisotopic (exact) mass is 456 g/mol. The standard InChI is InChI=1S/C31H52O2/c1-22(2)9-8-10-23(3)27-13-14-28-26-12-11-24-21-25(33-20-7-6-19-32)15-17-30(24,4)29(26)16-18-31(27,28)5/h6-7,11,22-23,25-29,32H,8-10,12-21H2,1-5H3/b7-6+/t23-,25+,26+,27-,28+,29+,30+,31-/m1/s1. The first-order chi connectivity index (χ1) is 15.8. The Kier molecular flexibility index (Phi) is 8.16. The Balaban J connectivity index is 1.41. The zero-order valence-electron chi connectivity index (χ0n) is 22.3. The van der Waals surface area contributed by atoms with Crippen molar-refractivity contribution in [2.75, 3.05) is 13.2 Å². The van der Waals surface area contributed by atoms with Crippen LogP contribution in [-0.4, -0.2) is 24.4 Å². The van der Waals surface area contributed by atoms with Gasteiger partial charge in [-0.3, -0.25) is 0 Å². The maximum Gasteiger partial charge on any atom is 0.0652 e. The largest absolute Gasteiger partial charge is 0.392 e. The van der Waals surface area contributed by atoms with Crippen LogP contribution in [0.3, 0.4) is 0 Å². The van der Waals surface area contributed by atoms with Gasteiger partial charge in [-0.15, -0.1) is 0 Å². The lowest BCUT2D eigenvalue weighted by Crippen LogP contribution is -2.51. The molecule has 4 rings (SSSR count). The maximum absolute atomic E-state index is 8.94. The molecule has 1 N–H and O–H groups in total. The molecule has 3 saturated carbocycles. The van der Waals surface area contributed by atoms with Gasteiger partial charge < -0.3 is 9.84 Å². The Morgan fingerprint density at radius 3 is 2.61 bits per heavy atom. The van der Waals surface area contributed by atoms with Gasteiger partial charge in [0, 0.05) is 0 Å². The van der Waals surface area contributed by atoms with Crippen molar-refractivity contribution in [3.8, 4) is 0 Å². The maximum atomic E-state index is 8.94. The highest BCUT2D eigenvalue weighted by Crippen LogP contribution is 2.67. The number of rotatable bonds is 9. The summed E-state index contributed by atoms with van der Waals surface area (Å²) in [4.78, 5) is 0. The molecule has 2 heteroatoms. The molecule has 0 unspecified atom stereocenters. The fraction of sp³-hybridized carbons (Fsp3) is 0.871. The van der Waals surface area contributed by atoms with Gasteiger partial charge in [0.25, 0.3) is 0 Å². The van der Waals surface area contributed by atoms with Gasteiger partial charge in [-0.2, -0.15) is 0 Å². The van der Waals surface area contributed by atoms with Crippen LogP contribution in [0, 0.1) is 46.3 Å². The van der Waals surface area contributed by atoms with E-state index in [1.54, 1.807) is 11.6 Å². The van der Waals surface area contributed by atoms with Gasteiger partial charge >= 0.3 is 0 Å². The Bertz CT molecular complexity index is 708. The summed E-state index contributed by atoms with van der Waals surface area (Å²) in [5, 5.41) is 8.94. The molecule has 33 heavy (non-hydrogen) atoms. The number of hydrogen-bond donors (Lipinski definition) is 1. The van der Waals surface area contributed by atoms with Crippen LogP contribution in [-0.2, 0) is 4.74 Å². The van der Waals surface area contributed by atoms with E-state index in [0.717, 1.165) is 41.9 Å². The number of allylic oxidation sites excluding steroid dienone is 1. The van der Waals surface area contributed by atoms with Crippen LogP contribution in [0.2, 0.25) is 0 Å². The first-order valence-electron chi connectivity index (χ1n) is 14.4. The SMILES string of the molecule is CC(C)CCC[C@@H](C)[C@H]1CC[C@H]2[C@@H]3CC=C4C[C@@H](OC/C=C/CO)CC[C@]4(C)[C@H]3CC[C@]12C. The Labute approximate surface area is 204 Å². The van der Waals surface area contributed by atoms with Crippen LogP contribution in [0.25, 0.3) is 0 Å². The molecule has 0 spiro atoms. The first-order valence-corrected chi connectivity index (χ1v) is 14.4. The summed E-state index contributed by atoms with van der Waals surface area (Å²) in [6.07, 6.45) is 21.9. The highest BCUT2D eigenvalue weighted by atomic mass is 16.5. The molecule has 0 aromatic heterocycles. The number of aliphatic hydroxyl groups is 1. The molecule has 0 aromatic rings. The summed E-state index contributed by atoms with van der Waals surface area (Å²) in [6, 6.07) is 0. The quantitative estimate of drug-likeness (QED) is 0.357. The second-order valence-electron chi connectivity index (χ2n) is 13.1. The summed E-state index contributed by atoms with van der Waals surface area (Å²) >= 11 is 0. The minimum absolute atomic E-state index is 0.109. The smallest absolute Gasteiger partial charge is 0.0652 e. The van der Waals surface area contributed by atoms with Crippen molar-refractivity contribution in [3.63, 3.8) is 0 Å². The van der Waals surface area contributed by atoms with Crippen molar-refractivity contribution in [2.24, 2.45) is 46.3 Å². The van der Waals surface area contributed by atoms with E-state index in [0.29, 0.717) is 23.5 Å². The minimum atomic E-state index is 0.109. The van der Waals surface area contributed by atoms with Crippen LogP contribution in [0.15, 0.2) is 23.8 Å². The van der Waals surface area contributed by atoms with E-state index in [9.17, 15) is 0 Å². The van der Waals surface area contributed by atoms with E-state index in [1.165, 1.54) is 64.2 Å². The van der Waals surface area contributed by atoms with Crippen LogP contribution in [0.1, 0.15) is 105 Å². The van der Waals surface area contributed by atoms with Gasteiger partial charge in [-0.25, -0.2) is 0 Å². The fourth-order valence-electron chi connectivity index (χ4n) is 9.13. The van der Waals surface area contributed by atoms with E-state index < -0.39 is 0 Å². The average Bonchev–Trinajstić information content (AvgIpc) is 3.14. The molecule has 4 aliphatic carbocycles. The third kappa shape index (κ3) is 5.04. The zero-order chi connectivity index (χ0) is 23.6. The molecular weight excluding hydrogens is 404 g/mol. The predicted molar refractivity (Wildman–Crippen MR) is 139 cm³/mol. The topological polar surface area (TPSA) is 29.5 Å². The van der Waals surface area contributed by atoms with Crippen LogP contribution >= 0.6 is 0 Å². The van der Waals surface area contributed by atoms with E-state index in [4.69, 9.17) is 9.84 Å². The normalized spacial score (nSPS) is 41.5. The van der Waals surface area contributed by atoms with Crippen molar-refractivity contribution in [1.82, 2.24) is 0 Å². The molecule has 4 aliphatic rings. The summed E-state index contributed by atoms with van der Waals surface area (Å²) in [5.41, 5.74) is 2.71. The Morgan fingerprint density at radius 2 is 1.85 bits per heavy atom. The summed E-state index contributed by atoms with van der Waals surface area (Å²) in [7, 11) is 0. The second-order valence-corrected chi connectivity index (χ2v) is 13.1. The molecule has 0 aliphatic heterocycles. The van der Waals surface area contributed by atoms with Crippen molar-refractivity contribution >= 4 is 0 Å². The molecule has 0 heterocycles. The second kappa shape index (κ2) is 10.6. The van der Waals surface area contributed by atoms with Gasteiger partial charge in [0.05, 0.1) is 19.3 Å². The lowest BCUT2D eigenvalue weighted by Gasteiger charge is -2.58. The van der Waals surface area contributed by atoms with Gasteiger partial charge in [0.15, 0.2) is 0 Å². The van der Waals surface area contributed by atoms with Crippen molar-refractivity contribution < 1.29 is 9.84 Å². The summed E-state index contributed by atoms with van der Waals surface area (Å²) < 4.78 is 6.15. The van der Waals surface area contributed by atoms with Crippen molar-refractivity contribution in [3.05, 3.63) is 23.8 Å². The number of fused-ring (bicyclic) bond motifs is 5. The molecule has 188 valence electrons. The van der Waals surface area contributed by atoms with E-state index in [2.05, 4.69) is 40.7 Å². The molecule has 0 amide bonds. The minimum Gasteiger partial charge on any atom is -0.392 e.